The summed E-state index contributed by atoms with van der Waals surface area (Å²) >= 11 is 1.69. The molecule has 0 amide bonds. The van der Waals surface area contributed by atoms with Crippen molar-refractivity contribution >= 4 is 11.3 Å². The third kappa shape index (κ3) is 6.57. The topological polar surface area (TPSA) is 46.2 Å². The maximum absolute atomic E-state index is 4.93. The molecule has 1 rings (SSSR count). The zero-order valence-corrected chi connectivity index (χ0v) is 9.98. The van der Waals surface area contributed by atoms with Crippen LogP contribution in [0.2, 0.25) is 0 Å². The van der Waals surface area contributed by atoms with Gasteiger partial charge in [-0.05, 0) is 19.5 Å². The third-order valence-electron chi connectivity index (χ3n) is 1.97. The average molecular weight is 229 g/mol. The highest BCUT2D eigenvalue weighted by molar-refractivity contribution is 7.09. The molecule has 0 aliphatic rings. The van der Waals surface area contributed by atoms with Gasteiger partial charge in [0, 0.05) is 31.3 Å². The molecule has 4 nitrogen and oxygen atoms in total. The summed E-state index contributed by atoms with van der Waals surface area (Å²) in [6.45, 7) is 4.74. The number of nitrogens with one attached hydrogen (secondary N) is 2. The predicted octanol–water partition coefficient (Wildman–Crippen LogP) is 0.859. The fraction of sp³-hybridized carbons (Fsp3) is 0.700. The second kappa shape index (κ2) is 8.79. The Labute approximate surface area is 95.1 Å². The van der Waals surface area contributed by atoms with E-state index in [9.17, 15) is 0 Å². The molecule has 0 bridgehead atoms. The van der Waals surface area contributed by atoms with Crippen LogP contribution in [0.25, 0.3) is 0 Å². The van der Waals surface area contributed by atoms with Gasteiger partial charge < -0.3 is 15.4 Å². The van der Waals surface area contributed by atoms with Crippen LogP contribution in [-0.2, 0) is 11.3 Å². The van der Waals surface area contributed by atoms with Gasteiger partial charge in [-0.25, -0.2) is 0 Å². The van der Waals surface area contributed by atoms with Crippen LogP contribution in [0.1, 0.15) is 11.3 Å². The molecule has 0 saturated heterocycles. The molecule has 0 unspecified atom stereocenters. The standard InChI is InChI=1S/C10H19N3OS/c1-14-6-5-11-3-2-4-12-7-10-8-13-9-15-10/h8-9,11-12H,2-7H2,1H3. The summed E-state index contributed by atoms with van der Waals surface area (Å²) in [6, 6.07) is 0. The molecule has 1 aromatic heterocycles. The monoisotopic (exact) mass is 229 g/mol. The highest BCUT2D eigenvalue weighted by Gasteiger charge is 1.93. The minimum atomic E-state index is 0.786. The Kier molecular flexibility index (Phi) is 7.37. The quantitative estimate of drug-likeness (QED) is 0.617. The Bertz CT molecular complexity index is 229. The van der Waals surface area contributed by atoms with E-state index in [-0.39, 0.29) is 0 Å². The predicted molar refractivity (Wildman–Crippen MR) is 63.2 cm³/mol. The van der Waals surface area contributed by atoms with Crippen molar-refractivity contribution in [2.24, 2.45) is 0 Å². The van der Waals surface area contributed by atoms with Crippen molar-refractivity contribution in [1.29, 1.82) is 0 Å². The Balaban J connectivity index is 1.81. The first kappa shape index (κ1) is 12.6. The highest BCUT2D eigenvalue weighted by atomic mass is 32.1. The first-order chi connectivity index (χ1) is 7.43. The van der Waals surface area contributed by atoms with Crippen LogP contribution in [0.5, 0.6) is 0 Å². The minimum absolute atomic E-state index is 0.786. The summed E-state index contributed by atoms with van der Waals surface area (Å²) in [4.78, 5) is 5.32. The lowest BCUT2D eigenvalue weighted by atomic mass is 10.4. The Morgan fingerprint density at radius 3 is 2.93 bits per heavy atom. The van der Waals surface area contributed by atoms with Gasteiger partial charge in [0.05, 0.1) is 12.1 Å². The van der Waals surface area contributed by atoms with Gasteiger partial charge in [0.1, 0.15) is 0 Å². The van der Waals surface area contributed by atoms with Crippen molar-refractivity contribution in [1.82, 2.24) is 15.6 Å². The van der Waals surface area contributed by atoms with Crippen LogP contribution in [0.3, 0.4) is 0 Å². The average Bonchev–Trinajstić information content (AvgIpc) is 2.75. The largest absolute Gasteiger partial charge is 0.383 e. The lowest BCUT2D eigenvalue weighted by molar-refractivity contribution is 0.199. The van der Waals surface area contributed by atoms with Crippen LogP contribution in [0, 0.1) is 0 Å². The summed E-state index contributed by atoms with van der Waals surface area (Å²) in [5.74, 6) is 0. The third-order valence-corrected chi connectivity index (χ3v) is 2.75. The molecule has 0 fully saturated rings. The molecule has 86 valence electrons. The Hall–Kier alpha value is -0.490. The van der Waals surface area contributed by atoms with Crippen LogP contribution in [0.15, 0.2) is 11.7 Å². The molecule has 1 heterocycles. The van der Waals surface area contributed by atoms with Gasteiger partial charge in [-0.2, -0.15) is 0 Å². The SMILES string of the molecule is COCCNCCCNCc1cncs1. The second-order valence-corrected chi connectivity index (χ2v) is 4.21. The fourth-order valence-electron chi connectivity index (χ4n) is 1.18. The van der Waals surface area contributed by atoms with Crippen LogP contribution in [0.4, 0.5) is 0 Å². The summed E-state index contributed by atoms with van der Waals surface area (Å²) in [6.07, 6.45) is 3.05. The summed E-state index contributed by atoms with van der Waals surface area (Å²) in [7, 11) is 1.72. The van der Waals surface area contributed by atoms with Crippen molar-refractivity contribution in [2.75, 3.05) is 33.4 Å². The molecule has 2 N–H and O–H groups in total. The van der Waals surface area contributed by atoms with Gasteiger partial charge in [0.2, 0.25) is 0 Å². The second-order valence-electron chi connectivity index (χ2n) is 3.24. The van der Waals surface area contributed by atoms with Gasteiger partial charge in [0.15, 0.2) is 0 Å². The van der Waals surface area contributed by atoms with E-state index in [4.69, 9.17) is 4.74 Å². The molecule has 0 aromatic carbocycles. The number of methoxy groups -OCH3 is 1. The molecule has 0 aliphatic carbocycles. The number of hydrogen-bond donors (Lipinski definition) is 2. The molecule has 0 aliphatic heterocycles. The normalized spacial score (nSPS) is 10.7. The van der Waals surface area contributed by atoms with Crippen LogP contribution >= 0.6 is 11.3 Å². The first-order valence-electron chi connectivity index (χ1n) is 5.21. The van der Waals surface area contributed by atoms with Gasteiger partial charge >= 0.3 is 0 Å². The molecule has 1 aromatic rings. The lowest BCUT2D eigenvalue weighted by Gasteiger charge is -2.04. The van der Waals surface area contributed by atoms with E-state index in [0.29, 0.717) is 0 Å². The summed E-state index contributed by atoms with van der Waals surface area (Å²) < 4.78 is 4.93. The Morgan fingerprint density at radius 1 is 1.33 bits per heavy atom. The zero-order chi connectivity index (χ0) is 10.8. The molecule has 0 spiro atoms. The zero-order valence-electron chi connectivity index (χ0n) is 9.16. The maximum atomic E-state index is 4.93. The van der Waals surface area contributed by atoms with Crippen molar-refractivity contribution in [2.45, 2.75) is 13.0 Å². The number of ether oxygens (including phenoxy) is 1. The molecule has 5 heteroatoms. The van der Waals surface area contributed by atoms with Gasteiger partial charge in [-0.3, -0.25) is 4.98 Å². The minimum Gasteiger partial charge on any atom is -0.383 e. The summed E-state index contributed by atoms with van der Waals surface area (Å²) in [5, 5.41) is 6.68. The molecule has 0 saturated carbocycles. The molecule has 15 heavy (non-hydrogen) atoms. The number of rotatable bonds is 9. The molecule has 0 radical (unpaired) electrons. The first-order valence-corrected chi connectivity index (χ1v) is 6.09. The van der Waals surface area contributed by atoms with Crippen LogP contribution < -0.4 is 10.6 Å². The Morgan fingerprint density at radius 2 is 2.20 bits per heavy atom. The molecule has 0 atom stereocenters. The smallest absolute Gasteiger partial charge is 0.0794 e. The van der Waals surface area contributed by atoms with Crippen molar-refractivity contribution in [3.05, 3.63) is 16.6 Å². The summed E-state index contributed by atoms with van der Waals surface area (Å²) in [5.41, 5.74) is 1.86. The van der Waals surface area contributed by atoms with Gasteiger partial charge in [-0.1, -0.05) is 0 Å². The van der Waals surface area contributed by atoms with Gasteiger partial charge in [0.25, 0.3) is 0 Å². The lowest BCUT2D eigenvalue weighted by Crippen LogP contribution is -2.24. The maximum Gasteiger partial charge on any atom is 0.0794 e. The van der Waals surface area contributed by atoms with Crippen molar-refractivity contribution in [3.8, 4) is 0 Å². The van der Waals surface area contributed by atoms with E-state index < -0.39 is 0 Å². The number of aromatic nitrogens is 1. The number of nitrogens with zero attached hydrogens (tertiary/aromatic N) is 1. The van der Waals surface area contributed by atoms with E-state index in [2.05, 4.69) is 15.6 Å². The molecular formula is C10H19N3OS. The van der Waals surface area contributed by atoms with E-state index in [1.165, 1.54) is 4.88 Å². The fourth-order valence-corrected chi connectivity index (χ4v) is 1.74. The molecular weight excluding hydrogens is 210 g/mol. The van der Waals surface area contributed by atoms with Crippen LogP contribution in [-0.4, -0.2) is 38.3 Å². The van der Waals surface area contributed by atoms with Gasteiger partial charge in [-0.15, -0.1) is 11.3 Å². The van der Waals surface area contributed by atoms with E-state index >= 15 is 0 Å². The highest BCUT2D eigenvalue weighted by Crippen LogP contribution is 2.03. The van der Waals surface area contributed by atoms with E-state index in [0.717, 1.165) is 39.2 Å². The number of thiazole rings is 1. The van der Waals surface area contributed by atoms with E-state index in [1.807, 2.05) is 11.7 Å². The van der Waals surface area contributed by atoms with Crippen molar-refractivity contribution < 1.29 is 4.74 Å². The van der Waals surface area contributed by atoms with Crippen molar-refractivity contribution in [3.63, 3.8) is 0 Å². The number of hydrogen-bond acceptors (Lipinski definition) is 5. The van der Waals surface area contributed by atoms with E-state index in [1.54, 1.807) is 18.4 Å².